The van der Waals surface area contributed by atoms with Crippen LogP contribution in [-0.4, -0.2) is 4.98 Å². The highest BCUT2D eigenvalue weighted by atomic mass is 14.9. The first-order chi connectivity index (χ1) is 12.9. The highest BCUT2D eigenvalue weighted by Gasteiger charge is 2.17. The maximum Gasteiger partial charge on any atom is 0.213 e. The zero-order valence-corrected chi connectivity index (χ0v) is 16.7. The van der Waals surface area contributed by atoms with Crippen LogP contribution in [0.2, 0.25) is 0 Å². The summed E-state index contributed by atoms with van der Waals surface area (Å²) in [5.41, 5.74) is 11.1. The van der Waals surface area contributed by atoms with Gasteiger partial charge in [0.25, 0.3) is 0 Å². The van der Waals surface area contributed by atoms with Gasteiger partial charge in [0.2, 0.25) is 11.2 Å². The SMILES string of the molecule is Cc1ccc(-c2ccc3ccc(-c4cc(C)cc(C)c4C)[n+](C)c3c2)nc1. The second-order valence-electron chi connectivity index (χ2n) is 7.53. The van der Waals surface area contributed by atoms with Gasteiger partial charge in [0.15, 0.2) is 0 Å². The Labute approximate surface area is 161 Å². The van der Waals surface area contributed by atoms with Gasteiger partial charge >= 0.3 is 0 Å². The molecular weight excluding hydrogens is 328 g/mol. The van der Waals surface area contributed by atoms with Crippen molar-refractivity contribution in [1.29, 1.82) is 0 Å². The molecule has 0 atom stereocenters. The number of hydrogen-bond acceptors (Lipinski definition) is 1. The Kier molecular flexibility index (Phi) is 4.27. The zero-order chi connectivity index (χ0) is 19.1. The molecule has 4 rings (SSSR count). The maximum absolute atomic E-state index is 4.59. The van der Waals surface area contributed by atoms with Crippen molar-refractivity contribution in [3.8, 4) is 22.5 Å². The monoisotopic (exact) mass is 353 g/mol. The van der Waals surface area contributed by atoms with Crippen LogP contribution in [0, 0.1) is 27.7 Å². The molecule has 134 valence electrons. The van der Waals surface area contributed by atoms with Crippen LogP contribution >= 0.6 is 0 Å². The van der Waals surface area contributed by atoms with E-state index in [4.69, 9.17) is 0 Å². The third-order valence-corrected chi connectivity index (χ3v) is 5.47. The van der Waals surface area contributed by atoms with Gasteiger partial charge in [-0.05, 0) is 68.7 Å². The lowest BCUT2D eigenvalue weighted by Gasteiger charge is -2.11. The first-order valence-corrected chi connectivity index (χ1v) is 9.38. The smallest absolute Gasteiger partial charge is 0.213 e. The Hall–Kier alpha value is -3.00. The fourth-order valence-electron chi connectivity index (χ4n) is 3.76. The third kappa shape index (κ3) is 3.12. The van der Waals surface area contributed by atoms with Gasteiger partial charge in [0, 0.05) is 34.8 Å². The van der Waals surface area contributed by atoms with Crippen LogP contribution in [0.3, 0.4) is 0 Å². The number of hydrogen-bond donors (Lipinski definition) is 0. The molecule has 27 heavy (non-hydrogen) atoms. The predicted octanol–water partition coefficient (Wildman–Crippen LogP) is 5.63. The van der Waals surface area contributed by atoms with Crippen LogP contribution in [-0.2, 0) is 7.05 Å². The summed E-state index contributed by atoms with van der Waals surface area (Å²) in [5, 5.41) is 1.24. The van der Waals surface area contributed by atoms with Crippen molar-refractivity contribution < 1.29 is 4.57 Å². The van der Waals surface area contributed by atoms with Crippen molar-refractivity contribution in [1.82, 2.24) is 4.98 Å². The van der Waals surface area contributed by atoms with Crippen LogP contribution in [0.1, 0.15) is 22.3 Å². The molecule has 0 amide bonds. The predicted molar refractivity (Wildman–Crippen MR) is 113 cm³/mol. The molecule has 2 heteroatoms. The van der Waals surface area contributed by atoms with Gasteiger partial charge in [-0.3, -0.25) is 4.98 Å². The Balaban J connectivity index is 1.92. The second-order valence-corrected chi connectivity index (χ2v) is 7.53. The topological polar surface area (TPSA) is 16.8 Å². The highest BCUT2D eigenvalue weighted by molar-refractivity contribution is 5.83. The average Bonchev–Trinajstić information content (AvgIpc) is 2.66. The number of rotatable bonds is 2. The Bertz CT molecular complexity index is 1160. The van der Waals surface area contributed by atoms with E-state index >= 15 is 0 Å². The summed E-state index contributed by atoms with van der Waals surface area (Å²) in [4.78, 5) is 4.59. The average molecular weight is 353 g/mol. The molecule has 2 aromatic heterocycles. The van der Waals surface area contributed by atoms with Crippen LogP contribution < -0.4 is 4.57 Å². The van der Waals surface area contributed by atoms with E-state index in [1.165, 1.54) is 44.4 Å². The van der Waals surface area contributed by atoms with Gasteiger partial charge in [-0.15, -0.1) is 0 Å². The zero-order valence-electron chi connectivity index (χ0n) is 16.7. The number of nitrogens with zero attached hydrogens (tertiary/aromatic N) is 2. The van der Waals surface area contributed by atoms with Gasteiger partial charge in [0.05, 0.1) is 5.69 Å². The lowest BCUT2D eigenvalue weighted by molar-refractivity contribution is -0.633. The molecule has 2 nitrogen and oxygen atoms in total. The first-order valence-electron chi connectivity index (χ1n) is 9.38. The normalized spacial score (nSPS) is 11.1. The summed E-state index contributed by atoms with van der Waals surface area (Å²) in [6.45, 7) is 8.63. The van der Waals surface area contributed by atoms with Crippen LogP contribution in [0.15, 0.2) is 60.8 Å². The number of aromatic nitrogens is 2. The standard InChI is InChI=1S/C25H25N2/c1-16-6-10-23(26-15-16)21-8-7-20-9-11-24(27(5)25(20)14-21)22-13-17(2)12-18(3)19(22)4/h6-15H,1-5H3/q+1. The maximum atomic E-state index is 4.59. The summed E-state index contributed by atoms with van der Waals surface area (Å²) in [6, 6.07) is 19.8. The van der Waals surface area contributed by atoms with Gasteiger partial charge in [-0.25, -0.2) is 0 Å². The Morgan fingerprint density at radius 2 is 1.56 bits per heavy atom. The molecule has 0 aliphatic rings. The van der Waals surface area contributed by atoms with Crippen molar-refractivity contribution in [2.75, 3.05) is 0 Å². The van der Waals surface area contributed by atoms with Gasteiger partial charge in [0.1, 0.15) is 7.05 Å². The largest absolute Gasteiger partial charge is 0.256 e. The summed E-state index contributed by atoms with van der Waals surface area (Å²) in [6.07, 6.45) is 1.93. The quantitative estimate of drug-likeness (QED) is 0.427. The van der Waals surface area contributed by atoms with Crippen LogP contribution in [0.25, 0.3) is 33.4 Å². The summed E-state index contributed by atoms with van der Waals surface area (Å²) >= 11 is 0. The number of pyridine rings is 2. The number of benzene rings is 2. The van der Waals surface area contributed by atoms with Crippen molar-refractivity contribution in [2.24, 2.45) is 7.05 Å². The van der Waals surface area contributed by atoms with Crippen LogP contribution in [0.5, 0.6) is 0 Å². The van der Waals surface area contributed by atoms with Crippen molar-refractivity contribution in [2.45, 2.75) is 27.7 Å². The van der Waals surface area contributed by atoms with E-state index in [1.54, 1.807) is 0 Å². The molecule has 0 aliphatic carbocycles. The molecule has 2 aromatic carbocycles. The van der Waals surface area contributed by atoms with Crippen LogP contribution in [0.4, 0.5) is 0 Å². The van der Waals surface area contributed by atoms with Gasteiger partial charge < -0.3 is 0 Å². The first kappa shape index (κ1) is 17.4. The molecule has 0 unspecified atom stereocenters. The third-order valence-electron chi connectivity index (χ3n) is 5.47. The molecule has 0 N–H and O–H groups in total. The molecule has 0 spiro atoms. The van der Waals surface area contributed by atoms with Crippen molar-refractivity contribution in [3.63, 3.8) is 0 Å². The molecule has 2 heterocycles. The fraction of sp³-hybridized carbons (Fsp3) is 0.200. The van der Waals surface area contributed by atoms with E-state index in [0.29, 0.717) is 0 Å². The summed E-state index contributed by atoms with van der Waals surface area (Å²) < 4.78 is 2.30. The molecule has 0 saturated carbocycles. The molecule has 0 bridgehead atoms. The molecule has 4 aromatic rings. The number of fused-ring (bicyclic) bond motifs is 1. The minimum absolute atomic E-state index is 1.01. The fourth-order valence-corrected chi connectivity index (χ4v) is 3.76. The van der Waals surface area contributed by atoms with E-state index in [9.17, 15) is 0 Å². The molecule has 0 fully saturated rings. The van der Waals surface area contributed by atoms with E-state index in [2.05, 4.69) is 98.9 Å². The highest BCUT2D eigenvalue weighted by Crippen LogP contribution is 2.28. The summed E-state index contributed by atoms with van der Waals surface area (Å²) in [5.74, 6) is 0. The Morgan fingerprint density at radius 3 is 2.30 bits per heavy atom. The van der Waals surface area contributed by atoms with Gasteiger partial charge in [-0.1, -0.05) is 23.8 Å². The Morgan fingerprint density at radius 1 is 0.778 bits per heavy atom. The minimum Gasteiger partial charge on any atom is -0.256 e. The van der Waals surface area contributed by atoms with Crippen molar-refractivity contribution in [3.05, 3.63) is 83.0 Å². The van der Waals surface area contributed by atoms with E-state index in [-0.39, 0.29) is 0 Å². The summed E-state index contributed by atoms with van der Waals surface area (Å²) in [7, 11) is 2.15. The lowest BCUT2D eigenvalue weighted by atomic mass is 9.96. The molecular formula is C25H25N2+. The number of aryl methyl sites for hydroxylation is 4. The minimum atomic E-state index is 1.01. The van der Waals surface area contributed by atoms with E-state index < -0.39 is 0 Å². The molecule has 0 radical (unpaired) electrons. The molecule has 0 aliphatic heterocycles. The van der Waals surface area contributed by atoms with E-state index in [1.807, 2.05) is 6.20 Å². The second kappa shape index (κ2) is 6.62. The van der Waals surface area contributed by atoms with Crippen molar-refractivity contribution >= 4 is 10.9 Å². The lowest BCUT2D eigenvalue weighted by Crippen LogP contribution is -2.32. The van der Waals surface area contributed by atoms with Gasteiger partial charge in [-0.2, -0.15) is 4.57 Å². The van der Waals surface area contributed by atoms with E-state index in [0.717, 1.165) is 11.3 Å². The molecule has 0 saturated heterocycles.